The van der Waals surface area contributed by atoms with Crippen LogP contribution in [0.4, 0.5) is 0 Å². The first kappa shape index (κ1) is 26.6. The Labute approximate surface area is 161 Å². The van der Waals surface area contributed by atoms with E-state index in [4.69, 9.17) is 4.74 Å². The summed E-state index contributed by atoms with van der Waals surface area (Å²) < 4.78 is 4.98. The minimum atomic E-state index is -0.310. The Morgan fingerprint density at radius 2 is 1.46 bits per heavy atom. The summed E-state index contributed by atoms with van der Waals surface area (Å²) in [7, 11) is 0. The van der Waals surface area contributed by atoms with Crippen molar-refractivity contribution in [3.63, 3.8) is 0 Å². The van der Waals surface area contributed by atoms with Crippen molar-refractivity contribution >= 4 is 11.9 Å². The molecule has 1 amide bonds. The topological polar surface area (TPSA) is 55.4 Å². The largest absolute Gasteiger partial charge is 0.462 e. The number of rotatable bonds is 14. The van der Waals surface area contributed by atoms with E-state index in [0.29, 0.717) is 18.4 Å². The van der Waals surface area contributed by atoms with E-state index < -0.39 is 0 Å². The normalized spacial score (nSPS) is 12.2. The molecule has 0 aliphatic carbocycles. The molecule has 0 radical (unpaired) electrons. The molecule has 0 bridgehead atoms. The second-order valence-corrected chi connectivity index (χ2v) is 6.62. The number of carbonyl (C=O) groups excluding carboxylic acids is 2. The third kappa shape index (κ3) is 17.2. The number of esters is 1. The molecule has 0 saturated heterocycles. The van der Waals surface area contributed by atoms with Gasteiger partial charge >= 0.3 is 5.97 Å². The number of amides is 1. The molecule has 0 rings (SSSR count). The van der Waals surface area contributed by atoms with Crippen LogP contribution in [-0.2, 0) is 14.3 Å². The molecule has 0 spiro atoms. The molecule has 0 aromatic rings. The summed E-state index contributed by atoms with van der Waals surface area (Å²) in [6, 6.07) is 0. The number of nitrogens with one attached hydrogen (secondary N) is 1. The molecule has 0 saturated carbocycles. The molecule has 152 valence electrons. The molecule has 0 aromatic carbocycles. The lowest BCUT2D eigenvalue weighted by molar-refractivity contribution is -0.139. The number of carbonyl (C=O) groups is 2. The fourth-order valence-electron chi connectivity index (χ4n) is 2.42. The molecule has 1 N–H and O–H groups in total. The summed E-state index contributed by atoms with van der Waals surface area (Å²) in [6.45, 7) is 16.8. The Kier molecular flexibility index (Phi) is 20.2. The molecule has 2 atom stereocenters. The van der Waals surface area contributed by atoms with E-state index >= 15 is 0 Å². The number of ether oxygens (including phenoxy) is 1. The average Bonchev–Trinajstić information content (AvgIpc) is 2.68. The Morgan fingerprint density at radius 1 is 0.923 bits per heavy atom. The zero-order valence-electron chi connectivity index (χ0n) is 17.5. The van der Waals surface area contributed by atoms with Gasteiger partial charge in [0.05, 0.1) is 6.61 Å². The maximum atomic E-state index is 10.9. The van der Waals surface area contributed by atoms with Crippen molar-refractivity contribution in [2.45, 2.75) is 79.1 Å². The van der Waals surface area contributed by atoms with Crippen LogP contribution < -0.4 is 5.32 Å². The molecular weight excluding hydrogens is 326 g/mol. The van der Waals surface area contributed by atoms with Crippen molar-refractivity contribution in [3.8, 4) is 0 Å². The quantitative estimate of drug-likeness (QED) is 0.329. The first-order valence-corrected chi connectivity index (χ1v) is 10.2. The van der Waals surface area contributed by atoms with Gasteiger partial charge in [0.15, 0.2) is 0 Å². The maximum absolute atomic E-state index is 10.9. The molecule has 2 unspecified atom stereocenters. The van der Waals surface area contributed by atoms with Gasteiger partial charge in [-0.25, -0.2) is 4.79 Å². The van der Waals surface area contributed by atoms with Crippen LogP contribution in [0.1, 0.15) is 79.1 Å². The van der Waals surface area contributed by atoms with Crippen molar-refractivity contribution in [3.05, 3.63) is 25.3 Å². The molecule has 0 heterocycles. The van der Waals surface area contributed by atoms with Crippen molar-refractivity contribution in [2.24, 2.45) is 11.8 Å². The van der Waals surface area contributed by atoms with Gasteiger partial charge in [-0.3, -0.25) is 4.79 Å². The van der Waals surface area contributed by atoms with E-state index in [1.165, 1.54) is 44.3 Å². The monoisotopic (exact) mass is 367 g/mol. The van der Waals surface area contributed by atoms with Crippen molar-refractivity contribution in [2.75, 3.05) is 13.2 Å². The van der Waals surface area contributed by atoms with E-state index in [1.54, 1.807) is 0 Å². The third-order valence-corrected chi connectivity index (χ3v) is 4.46. The Bertz CT molecular complexity index is 344. The average molecular weight is 368 g/mol. The van der Waals surface area contributed by atoms with Gasteiger partial charge in [0, 0.05) is 12.6 Å². The summed E-state index contributed by atoms with van der Waals surface area (Å²) in [5.74, 6) is 0.776. The standard InChI is InChI=1S/C11H21NO.C11H20O2/c1-4-7-8-10(5-2)9-12-11(13)6-3;1-4-7-8-10(5-2)9-13-11(12)6-3/h6,10H,3-5,7-9H2,1-2H3,(H,12,13);6,10H,3-5,7-9H2,1-2H3. The van der Waals surface area contributed by atoms with Gasteiger partial charge in [-0.05, 0) is 30.8 Å². The van der Waals surface area contributed by atoms with Crippen LogP contribution in [0.25, 0.3) is 0 Å². The fourth-order valence-corrected chi connectivity index (χ4v) is 2.42. The highest BCUT2D eigenvalue weighted by atomic mass is 16.5. The fraction of sp³-hybridized carbons (Fsp3) is 0.727. The SMILES string of the molecule is C=CC(=O)NCC(CC)CCCC.C=CC(=O)OCC(CC)CCCC. The van der Waals surface area contributed by atoms with Crippen molar-refractivity contribution in [1.82, 2.24) is 5.32 Å². The number of hydrogen-bond donors (Lipinski definition) is 1. The highest BCUT2D eigenvalue weighted by Crippen LogP contribution is 2.13. The van der Waals surface area contributed by atoms with Crippen LogP contribution in [0.5, 0.6) is 0 Å². The summed E-state index contributed by atoms with van der Waals surface area (Å²) in [5, 5.41) is 2.84. The van der Waals surface area contributed by atoms with Crippen LogP contribution >= 0.6 is 0 Å². The van der Waals surface area contributed by atoms with Crippen molar-refractivity contribution in [1.29, 1.82) is 0 Å². The van der Waals surface area contributed by atoms with Gasteiger partial charge in [0.2, 0.25) is 5.91 Å². The van der Waals surface area contributed by atoms with Crippen LogP contribution in [0.15, 0.2) is 25.3 Å². The zero-order chi connectivity index (χ0) is 20.2. The lowest BCUT2D eigenvalue weighted by atomic mass is 9.99. The first-order chi connectivity index (χ1) is 12.5. The first-order valence-electron chi connectivity index (χ1n) is 10.2. The Hall–Kier alpha value is -1.58. The molecule has 0 aliphatic rings. The summed E-state index contributed by atoms with van der Waals surface area (Å²) in [6.07, 6.45) is 12.0. The van der Waals surface area contributed by atoms with E-state index in [9.17, 15) is 9.59 Å². The van der Waals surface area contributed by atoms with Gasteiger partial charge in [-0.1, -0.05) is 79.4 Å². The number of unbranched alkanes of at least 4 members (excludes halogenated alkanes) is 2. The minimum absolute atomic E-state index is 0.0602. The highest BCUT2D eigenvalue weighted by molar-refractivity contribution is 5.86. The molecule has 26 heavy (non-hydrogen) atoms. The molecule has 0 aromatic heterocycles. The zero-order valence-corrected chi connectivity index (χ0v) is 17.5. The summed E-state index contributed by atoms with van der Waals surface area (Å²) in [4.78, 5) is 21.6. The Balaban J connectivity index is 0. The minimum Gasteiger partial charge on any atom is -0.462 e. The van der Waals surface area contributed by atoms with Crippen LogP contribution in [0.3, 0.4) is 0 Å². The van der Waals surface area contributed by atoms with Crippen molar-refractivity contribution < 1.29 is 14.3 Å². The van der Waals surface area contributed by atoms with Crippen LogP contribution in [-0.4, -0.2) is 25.0 Å². The Morgan fingerprint density at radius 3 is 1.88 bits per heavy atom. The molecule has 4 heteroatoms. The van der Waals surface area contributed by atoms with Gasteiger partial charge in [0.25, 0.3) is 0 Å². The second-order valence-electron chi connectivity index (χ2n) is 6.62. The van der Waals surface area contributed by atoms with Crippen LogP contribution in [0.2, 0.25) is 0 Å². The van der Waals surface area contributed by atoms with E-state index in [2.05, 4.69) is 46.2 Å². The van der Waals surface area contributed by atoms with Gasteiger partial charge in [0.1, 0.15) is 0 Å². The van der Waals surface area contributed by atoms with Crippen LogP contribution in [0, 0.1) is 11.8 Å². The third-order valence-electron chi connectivity index (χ3n) is 4.46. The lowest BCUT2D eigenvalue weighted by Crippen LogP contribution is -2.27. The van der Waals surface area contributed by atoms with Gasteiger partial charge in [-0.15, -0.1) is 0 Å². The van der Waals surface area contributed by atoms with E-state index in [1.807, 2.05) is 0 Å². The molecule has 0 fully saturated rings. The molecule has 4 nitrogen and oxygen atoms in total. The predicted molar refractivity (Wildman–Crippen MR) is 111 cm³/mol. The lowest BCUT2D eigenvalue weighted by Gasteiger charge is -2.14. The van der Waals surface area contributed by atoms with E-state index in [-0.39, 0.29) is 11.9 Å². The highest BCUT2D eigenvalue weighted by Gasteiger charge is 2.07. The molecule has 0 aliphatic heterocycles. The molecular formula is C22H41NO3. The second kappa shape index (κ2) is 19.7. The predicted octanol–water partition coefficient (Wildman–Crippen LogP) is 5.44. The summed E-state index contributed by atoms with van der Waals surface area (Å²) >= 11 is 0. The maximum Gasteiger partial charge on any atom is 0.330 e. The number of hydrogen-bond acceptors (Lipinski definition) is 3. The summed E-state index contributed by atoms with van der Waals surface area (Å²) in [5.41, 5.74) is 0. The van der Waals surface area contributed by atoms with E-state index in [0.717, 1.165) is 25.8 Å². The smallest absolute Gasteiger partial charge is 0.330 e. The van der Waals surface area contributed by atoms with Gasteiger partial charge < -0.3 is 10.1 Å². The van der Waals surface area contributed by atoms with Gasteiger partial charge in [-0.2, -0.15) is 0 Å².